The summed E-state index contributed by atoms with van der Waals surface area (Å²) in [7, 11) is 0. The zero-order valence-electron chi connectivity index (χ0n) is 15.0. The van der Waals surface area contributed by atoms with Crippen LogP contribution in [0.5, 0.6) is 5.75 Å². The average Bonchev–Trinajstić information content (AvgIpc) is 2.98. The van der Waals surface area contributed by atoms with E-state index >= 15 is 0 Å². The number of nitrogens with zero attached hydrogens (tertiary/aromatic N) is 2. The molecule has 1 unspecified atom stereocenters. The average molecular weight is 383 g/mol. The second-order valence-corrected chi connectivity index (χ2v) is 7.22. The van der Waals surface area contributed by atoms with Crippen LogP contribution in [0.4, 0.5) is 5.69 Å². The van der Waals surface area contributed by atoms with Crippen molar-refractivity contribution < 1.29 is 13.9 Å². The summed E-state index contributed by atoms with van der Waals surface area (Å²) in [6.45, 7) is 3.30. The third-order valence-corrected chi connectivity index (χ3v) is 5.10. The van der Waals surface area contributed by atoms with Crippen molar-refractivity contribution in [3.8, 4) is 23.1 Å². The van der Waals surface area contributed by atoms with Crippen LogP contribution < -0.4 is 5.32 Å². The highest BCUT2D eigenvalue weighted by atomic mass is 32.2. The first kappa shape index (κ1) is 19.0. The summed E-state index contributed by atoms with van der Waals surface area (Å²) in [5.41, 5.74) is 4.10. The summed E-state index contributed by atoms with van der Waals surface area (Å²) < 4.78 is 21.5. The molecule has 0 aliphatic heterocycles. The second kappa shape index (κ2) is 8.25. The molecular weight excluding hydrogens is 362 g/mol. The van der Waals surface area contributed by atoms with Crippen LogP contribution in [0.3, 0.4) is 0 Å². The van der Waals surface area contributed by atoms with E-state index in [0.29, 0.717) is 25.1 Å². The van der Waals surface area contributed by atoms with E-state index in [1.807, 2.05) is 35.8 Å². The van der Waals surface area contributed by atoms with Gasteiger partial charge in [-0.15, -0.1) is 0 Å². The van der Waals surface area contributed by atoms with Crippen LogP contribution in [-0.4, -0.2) is 30.7 Å². The first-order valence-corrected chi connectivity index (χ1v) is 9.99. The molecule has 0 amide bonds. The molecule has 0 fully saturated rings. The predicted octanol–water partition coefficient (Wildman–Crippen LogP) is 3.93. The minimum atomic E-state index is -1.76. The fraction of sp³-hybridized carbons (Fsp3) is 0.250. The van der Waals surface area contributed by atoms with Crippen LogP contribution in [0, 0.1) is 11.3 Å². The first-order valence-electron chi connectivity index (χ1n) is 8.72. The molecular formula is C20H21N3O3S. The van der Waals surface area contributed by atoms with Gasteiger partial charge in [0.25, 0.3) is 0 Å². The van der Waals surface area contributed by atoms with Crippen molar-refractivity contribution in [1.82, 2.24) is 4.57 Å². The lowest BCUT2D eigenvalue weighted by atomic mass is 10.1. The van der Waals surface area contributed by atoms with Crippen molar-refractivity contribution in [1.29, 1.82) is 5.26 Å². The smallest absolute Gasteiger partial charge is 0.152 e. The lowest BCUT2D eigenvalue weighted by Gasteiger charge is -2.10. The number of hydrogen-bond acceptors (Lipinski definition) is 4. The van der Waals surface area contributed by atoms with Crippen molar-refractivity contribution in [3.05, 3.63) is 48.0 Å². The van der Waals surface area contributed by atoms with Crippen LogP contribution in [0.1, 0.15) is 18.9 Å². The minimum absolute atomic E-state index is 0.175. The van der Waals surface area contributed by atoms with Gasteiger partial charge in [-0.25, -0.2) is 4.21 Å². The lowest BCUT2D eigenvalue weighted by Crippen LogP contribution is -2.06. The molecule has 0 saturated heterocycles. The van der Waals surface area contributed by atoms with E-state index in [4.69, 9.17) is 4.55 Å². The van der Waals surface area contributed by atoms with Gasteiger partial charge in [0, 0.05) is 30.2 Å². The Hall–Kier alpha value is -2.82. The molecule has 7 heteroatoms. The van der Waals surface area contributed by atoms with Crippen LogP contribution in [0.25, 0.3) is 22.2 Å². The molecule has 0 spiro atoms. The highest BCUT2D eigenvalue weighted by Crippen LogP contribution is 2.35. The minimum Gasteiger partial charge on any atom is -0.508 e. The Bertz CT molecular complexity index is 1020. The Morgan fingerprint density at radius 2 is 1.96 bits per heavy atom. The molecule has 140 valence electrons. The number of aromatic nitrogens is 1. The van der Waals surface area contributed by atoms with Crippen molar-refractivity contribution in [2.24, 2.45) is 0 Å². The Labute approximate surface area is 160 Å². The molecule has 1 heterocycles. The molecule has 27 heavy (non-hydrogen) atoms. The standard InChI is InChI=1S/C20H21N3O3S/c1-2-23-19-12-16(24)8-9-17(19)18(13-21)20(23)14-4-6-15(7-5-14)22-10-3-11-27(25)26/h4-9,12,22,24H,2-3,10-11H2,1H3,(H,25,26). The maximum Gasteiger partial charge on any atom is 0.152 e. The van der Waals surface area contributed by atoms with Crippen molar-refractivity contribution >= 4 is 27.7 Å². The normalized spacial score (nSPS) is 12.0. The summed E-state index contributed by atoms with van der Waals surface area (Å²) in [5, 5.41) is 23.6. The molecule has 3 N–H and O–H groups in total. The fourth-order valence-corrected chi connectivity index (χ4v) is 3.65. The lowest BCUT2D eigenvalue weighted by molar-refractivity contribution is 0.476. The zero-order valence-corrected chi connectivity index (χ0v) is 15.8. The van der Waals surface area contributed by atoms with E-state index in [9.17, 15) is 14.6 Å². The zero-order chi connectivity index (χ0) is 19.4. The van der Waals surface area contributed by atoms with Crippen molar-refractivity contribution in [3.63, 3.8) is 0 Å². The molecule has 2 aromatic carbocycles. The monoisotopic (exact) mass is 383 g/mol. The third kappa shape index (κ3) is 3.97. The van der Waals surface area contributed by atoms with Gasteiger partial charge in [0.15, 0.2) is 11.1 Å². The van der Waals surface area contributed by atoms with Gasteiger partial charge < -0.3 is 19.5 Å². The number of aromatic hydroxyl groups is 1. The number of benzene rings is 2. The van der Waals surface area contributed by atoms with E-state index in [1.165, 1.54) is 0 Å². The Morgan fingerprint density at radius 3 is 2.59 bits per heavy atom. The quantitative estimate of drug-likeness (QED) is 0.424. The molecule has 3 aromatic rings. The summed E-state index contributed by atoms with van der Waals surface area (Å²) in [6.07, 6.45) is 0.608. The number of phenols is 1. The molecule has 1 atom stereocenters. The summed E-state index contributed by atoms with van der Waals surface area (Å²) in [4.78, 5) is 0. The van der Waals surface area contributed by atoms with Gasteiger partial charge in [0.1, 0.15) is 11.8 Å². The van der Waals surface area contributed by atoms with Gasteiger partial charge in [0.05, 0.1) is 22.5 Å². The molecule has 0 radical (unpaired) electrons. The molecule has 6 nitrogen and oxygen atoms in total. The SMILES string of the molecule is CCn1c(-c2ccc(NCCCS(=O)O)cc2)c(C#N)c2ccc(O)cc21. The topological polar surface area (TPSA) is 98.3 Å². The third-order valence-electron chi connectivity index (χ3n) is 4.46. The molecule has 0 bridgehead atoms. The molecule has 1 aromatic heterocycles. The van der Waals surface area contributed by atoms with Crippen LogP contribution in [-0.2, 0) is 17.6 Å². The maximum absolute atomic E-state index is 10.7. The van der Waals surface area contributed by atoms with Crippen LogP contribution >= 0.6 is 0 Å². The molecule has 3 rings (SSSR count). The Morgan fingerprint density at radius 1 is 1.22 bits per heavy atom. The van der Waals surface area contributed by atoms with Gasteiger partial charge in [0.2, 0.25) is 0 Å². The van der Waals surface area contributed by atoms with E-state index < -0.39 is 11.1 Å². The maximum atomic E-state index is 10.7. The highest BCUT2D eigenvalue weighted by molar-refractivity contribution is 7.79. The van der Waals surface area contributed by atoms with Crippen molar-refractivity contribution in [2.75, 3.05) is 17.6 Å². The van der Waals surface area contributed by atoms with Gasteiger partial charge in [-0.05, 0) is 43.2 Å². The first-order chi connectivity index (χ1) is 13.0. The molecule has 0 aliphatic rings. The summed E-state index contributed by atoms with van der Waals surface area (Å²) in [6, 6.07) is 15.1. The number of nitrogens with one attached hydrogen (secondary N) is 1. The number of fused-ring (bicyclic) bond motifs is 1. The molecule has 0 aliphatic carbocycles. The summed E-state index contributed by atoms with van der Waals surface area (Å²) >= 11 is -1.76. The Kier molecular flexibility index (Phi) is 5.79. The van der Waals surface area contributed by atoms with E-state index in [2.05, 4.69) is 11.4 Å². The highest BCUT2D eigenvalue weighted by Gasteiger charge is 2.18. The van der Waals surface area contributed by atoms with Gasteiger partial charge in [-0.1, -0.05) is 12.1 Å². The largest absolute Gasteiger partial charge is 0.508 e. The number of rotatable bonds is 7. The van der Waals surface area contributed by atoms with Crippen molar-refractivity contribution in [2.45, 2.75) is 19.9 Å². The van der Waals surface area contributed by atoms with Gasteiger partial charge >= 0.3 is 0 Å². The Balaban J connectivity index is 1.93. The van der Waals surface area contributed by atoms with Gasteiger partial charge in [-0.3, -0.25) is 0 Å². The predicted molar refractivity (Wildman–Crippen MR) is 108 cm³/mol. The van der Waals surface area contributed by atoms with E-state index in [1.54, 1.807) is 18.2 Å². The number of nitriles is 1. The van der Waals surface area contributed by atoms with Gasteiger partial charge in [-0.2, -0.15) is 5.26 Å². The van der Waals surface area contributed by atoms with Crippen LogP contribution in [0.15, 0.2) is 42.5 Å². The summed E-state index contributed by atoms with van der Waals surface area (Å²) in [5.74, 6) is 0.425. The van der Waals surface area contributed by atoms with E-state index in [0.717, 1.165) is 27.8 Å². The number of anilines is 1. The fourth-order valence-electron chi connectivity index (χ4n) is 3.25. The number of aryl methyl sites for hydroxylation is 1. The second-order valence-electron chi connectivity index (χ2n) is 6.16. The van der Waals surface area contributed by atoms with E-state index in [-0.39, 0.29) is 11.5 Å². The molecule has 0 saturated carbocycles. The number of phenolic OH excluding ortho intramolecular Hbond substituents is 1. The number of hydrogen-bond donors (Lipinski definition) is 3. The van der Waals surface area contributed by atoms with Crippen LogP contribution in [0.2, 0.25) is 0 Å².